The van der Waals surface area contributed by atoms with E-state index in [2.05, 4.69) is 17.2 Å². The second kappa shape index (κ2) is 13.8. The van der Waals surface area contributed by atoms with Gasteiger partial charge in [0.1, 0.15) is 24.4 Å². The number of carbonyl (C=O) groups excluding carboxylic acids is 2. The van der Waals surface area contributed by atoms with Gasteiger partial charge < -0.3 is 15.4 Å². The number of rotatable bonds is 11. The van der Waals surface area contributed by atoms with Crippen molar-refractivity contribution >= 4 is 21.8 Å². The van der Waals surface area contributed by atoms with E-state index in [-0.39, 0.29) is 29.8 Å². The van der Waals surface area contributed by atoms with E-state index < -0.39 is 28.0 Å². The third kappa shape index (κ3) is 7.70. The Morgan fingerprint density at radius 3 is 2.36 bits per heavy atom. The Morgan fingerprint density at radius 1 is 0.974 bits per heavy atom. The fourth-order valence-corrected chi connectivity index (χ4v) is 7.00. The molecule has 1 aliphatic heterocycles. The number of hydrogen-bond donors (Lipinski definition) is 2. The number of hydrogen-bond acceptors (Lipinski definition) is 5. The highest BCUT2D eigenvalue weighted by molar-refractivity contribution is 7.89. The second-order valence-corrected chi connectivity index (χ2v) is 12.2. The van der Waals surface area contributed by atoms with Gasteiger partial charge in [-0.3, -0.25) is 9.59 Å². The number of ether oxygens (including phenoxy) is 1. The van der Waals surface area contributed by atoms with E-state index in [1.54, 1.807) is 36.4 Å². The second-order valence-electron chi connectivity index (χ2n) is 10.3. The molecule has 2 aliphatic rings. The molecular weight excluding hydrogens is 514 g/mol. The summed E-state index contributed by atoms with van der Waals surface area (Å²) in [6.07, 6.45) is 8.94. The fourth-order valence-electron chi connectivity index (χ4n) is 5.32. The summed E-state index contributed by atoms with van der Waals surface area (Å²) in [6, 6.07) is 14.0. The molecule has 9 heteroatoms. The molecule has 2 fully saturated rings. The number of benzene rings is 2. The fraction of sp³-hybridized carbons (Fsp3) is 0.467. The van der Waals surface area contributed by atoms with Crippen LogP contribution in [-0.2, 0) is 26.0 Å². The summed E-state index contributed by atoms with van der Waals surface area (Å²) in [6.45, 7) is 4.31. The van der Waals surface area contributed by atoms with Crippen molar-refractivity contribution in [1.29, 1.82) is 0 Å². The predicted molar refractivity (Wildman–Crippen MR) is 151 cm³/mol. The topological polar surface area (TPSA) is 105 Å². The average molecular weight is 554 g/mol. The van der Waals surface area contributed by atoms with Crippen molar-refractivity contribution in [2.75, 3.05) is 13.2 Å². The monoisotopic (exact) mass is 553 g/mol. The van der Waals surface area contributed by atoms with Crippen LogP contribution in [0.15, 0.2) is 72.1 Å². The largest absolute Gasteiger partial charge is 0.490 e. The number of amides is 2. The van der Waals surface area contributed by atoms with Gasteiger partial charge in [-0.1, -0.05) is 68.7 Å². The van der Waals surface area contributed by atoms with Crippen LogP contribution >= 0.6 is 0 Å². The molecule has 4 rings (SSSR count). The van der Waals surface area contributed by atoms with Gasteiger partial charge in [0.2, 0.25) is 21.8 Å². The van der Waals surface area contributed by atoms with Gasteiger partial charge in [0, 0.05) is 19.0 Å². The Hall–Kier alpha value is -3.17. The van der Waals surface area contributed by atoms with Crippen molar-refractivity contribution < 1.29 is 22.7 Å². The molecular formula is C30H39N3O5S. The lowest BCUT2D eigenvalue weighted by molar-refractivity contribution is -0.132. The molecule has 2 aromatic rings. The lowest BCUT2D eigenvalue weighted by Crippen LogP contribution is -2.57. The maximum atomic E-state index is 13.6. The van der Waals surface area contributed by atoms with Crippen molar-refractivity contribution in [1.82, 2.24) is 14.9 Å². The first-order valence-electron chi connectivity index (χ1n) is 13.9. The summed E-state index contributed by atoms with van der Waals surface area (Å²) in [4.78, 5) is 27.2. The molecule has 0 unspecified atom stereocenters. The molecule has 1 saturated carbocycles. The molecule has 1 heterocycles. The summed E-state index contributed by atoms with van der Waals surface area (Å²) in [5.41, 5.74) is 0.863. The molecule has 2 N–H and O–H groups in total. The molecule has 39 heavy (non-hydrogen) atoms. The van der Waals surface area contributed by atoms with E-state index in [0.717, 1.165) is 37.7 Å². The van der Waals surface area contributed by atoms with Crippen LogP contribution in [-0.4, -0.2) is 55.8 Å². The van der Waals surface area contributed by atoms with E-state index in [0.29, 0.717) is 25.2 Å². The smallest absolute Gasteiger partial charge is 0.243 e. The molecule has 0 spiro atoms. The van der Waals surface area contributed by atoms with E-state index >= 15 is 0 Å². The standard InChI is InChI=1S/C30H39N3O5S/c1-2-21-38-25-18-16-23(17-19-25)22-27(29(34)31-24-11-5-3-6-12-24)32-30(35)28-15-9-10-20-33(28)39(36,37)26-13-7-4-8-14-26/h2,4,7-8,13-14,16-19,24,27-28H,1,3,5-6,9-12,15,20-22H2,(H,31,34)(H,32,35)/t27-,28-/m0/s1. The minimum Gasteiger partial charge on any atom is -0.490 e. The molecule has 2 amide bonds. The maximum Gasteiger partial charge on any atom is 0.243 e. The van der Waals surface area contributed by atoms with Gasteiger partial charge in [-0.15, -0.1) is 0 Å². The Labute approximate surface area is 231 Å². The number of sulfonamides is 1. The minimum atomic E-state index is -3.86. The van der Waals surface area contributed by atoms with Crippen LogP contribution in [0.4, 0.5) is 0 Å². The number of nitrogens with one attached hydrogen (secondary N) is 2. The quantitative estimate of drug-likeness (QED) is 0.410. The number of nitrogens with zero attached hydrogens (tertiary/aromatic N) is 1. The van der Waals surface area contributed by atoms with Crippen molar-refractivity contribution in [3.8, 4) is 5.75 Å². The Bertz CT molecular complexity index is 1210. The van der Waals surface area contributed by atoms with Gasteiger partial charge >= 0.3 is 0 Å². The highest BCUT2D eigenvalue weighted by atomic mass is 32.2. The van der Waals surface area contributed by atoms with E-state index in [4.69, 9.17) is 4.74 Å². The lowest BCUT2D eigenvalue weighted by Gasteiger charge is -2.34. The lowest BCUT2D eigenvalue weighted by atomic mass is 9.95. The summed E-state index contributed by atoms with van der Waals surface area (Å²) >= 11 is 0. The molecule has 1 aliphatic carbocycles. The summed E-state index contributed by atoms with van der Waals surface area (Å²) < 4.78 is 33.7. The van der Waals surface area contributed by atoms with Crippen LogP contribution in [0.25, 0.3) is 0 Å². The van der Waals surface area contributed by atoms with E-state index in [9.17, 15) is 18.0 Å². The molecule has 1 saturated heterocycles. The van der Waals surface area contributed by atoms with Gasteiger partial charge in [-0.05, 0) is 55.5 Å². The van der Waals surface area contributed by atoms with Gasteiger partial charge in [0.15, 0.2) is 0 Å². The van der Waals surface area contributed by atoms with Crippen molar-refractivity contribution in [3.05, 3.63) is 72.8 Å². The van der Waals surface area contributed by atoms with Crippen LogP contribution in [0.5, 0.6) is 5.75 Å². The SMILES string of the molecule is C=CCOc1ccc(C[C@H](NC(=O)[C@@H]2CCCCN2S(=O)(=O)c2ccccc2)C(=O)NC2CCCCC2)cc1. The highest BCUT2D eigenvalue weighted by Gasteiger charge is 2.39. The third-order valence-electron chi connectivity index (χ3n) is 7.42. The van der Waals surface area contributed by atoms with Crippen LogP contribution < -0.4 is 15.4 Å². The summed E-state index contributed by atoms with van der Waals surface area (Å²) in [7, 11) is -3.86. The van der Waals surface area contributed by atoms with Crippen LogP contribution in [0.1, 0.15) is 56.9 Å². The molecule has 2 aromatic carbocycles. The molecule has 0 bridgehead atoms. The highest BCUT2D eigenvalue weighted by Crippen LogP contribution is 2.26. The molecule has 0 aromatic heterocycles. The summed E-state index contributed by atoms with van der Waals surface area (Å²) in [5, 5.41) is 6.06. The van der Waals surface area contributed by atoms with Crippen molar-refractivity contribution in [3.63, 3.8) is 0 Å². The molecule has 210 valence electrons. The normalized spacial score (nSPS) is 19.5. The Balaban J connectivity index is 1.52. The molecule has 8 nitrogen and oxygen atoms in total. The molecule has 0 radical (unpaired) electrons. The van der Waals surface area contributed by atoms with Crippen molar-refractivity contribution in [2.24, 2.45) is 0 Å². The van der Waals surface area contributed by atoms with Crippen LogP contribution in [0.2, 0.25) is 0 Å². The number of carbonyl (C=O) groups is 2. The zero-order valence-corrected chi connectivity index (χ0v) is 23.2. The van der Waals surface area contributed by atoms with Gasteiger partial charge in [-0.2, -0.15) is 4.31 Å². The van der Waals surface area contributed by atoms with Crippen LogP contribution in [0.3, 0.4) is 0 Å². The van der Waals surface area contributed by atoms with E-state index in [1.807, 2.05) is 24.3 Å². The van der Waals surface area contributed by atoms with Gasteiger partial charge in [0.05, 0.1) is 4.90 Å². The van der Waals surface area contributed by atoms with Crippen LogP contribution in [0, 0.1) is 0 Å². The third-order valence-corrected chi connectivity index (χ3v) is 9.34. The van der Waals surface area contributed by atoms with Gasteiger partial charge in [0.25, 0.3) is 0 Å². The molecule has 2 atom stereocenters. The Kier molecular flexibility index (Phi) is 10.2. The minimum absolute atomic E-state index is 0.0879. The first kappa shape index (κ1) is 28.8. The first-order valence-corrected chi connectivity index (χ1v) is 15.3. The van der Waals surface area contributed by atoms with E-state index in [1.165, 1.54) is 10.7 Å². The zero-order chi connectivity index (χ0) is 27.7. The van der Waals surface area contributed by atoms with Crippen molar-refractivity contribution in [2.45, 2.75) is 80.8 Å². The Morgan fingerprint density at radius 2 is 1.67 bits per heavy atom. The average Bonchev–Trinajstić information content (AvgIpc) is 2.97. The summed E-state index contributed by atoms with van der Waals surface area (Å²) in [5.74, 6) is 0.00862. The number of piperidine rings is 1. The zero-order valence-electron chi connectivity index (χ0n) is 22.4. The maximum absolute atomic E-state index is 13.6. The predicted octanol–water partition coefficient (Wildman–Crippen LogP) is 3.97. The van der Waals surface area contributed by atoms with Gasteiger partial charge in [-0.25, -0.2) is 8.42 Å². The first-order chi connectivity index (χ1) is 18.9.